The maximum absolute atomic E-state index is 12.2. The third-order valence-corrected chi connectivity index (χ3v) is 19.8. The lowest BCUT2D eigenvalue weighted by molar-refractivity contribution is -0.391. The summed E-state index contributed by atoms with van der Waals surface area (Å²) in [5.41, 5.74) is -1.30. The van der Waals surface area contributed by atoms with Gasteiger partial charge in [-0.3, -0.25) is 0 Å². The van der Waals surface area contributed by atoms with Gasteiger partial charge < -0.3 is 94.4 Å². The SMILES string of the molecule is CO[C@@H]1C=C2C3CC(C)(C)CC[C@]3(CO)[C@H](O)C[C@@]2(C)[C@]2(C)CCC3[C@](C)(CC[C@H](O[C@@H]4O[C@H](C)[C@H](O)[C@H](O[C@@H]5O[C@H](CO)[C@@H](O)[C@H](O)[C@H]5O[C@@H]5O[C@H](CO)[C@@H](O)[C@H](O)[C@H]5O)[C@H]4O)[C@@]3(C)CO)C12. The van der Waals surface area contributed by atoms with Crippen molar-refractivity contribution < 1.29 is 94.4 Å². The Morgan fingerprint density at radius 2 is 1.24 bits per heavy atom. The van der Waals surface area contributed by atoms with Crippen molar-refractivity contribution in [1.82, 2.24) is 0 Å². The van der Waals surface area contributed by atoms with Crippen LogP contribution in [0.1, 0.15) is 99.8 Å². The average molecular weight is 975 g/mol. The summed E-state index contributed by atoms with van der Waals surface area (Å²) < 4.78 is 42.7. The molecule has 0 radical (unpaired) electrons. The van der Waals surface area contributed by atoms with Crippen LogP contribution in [0.2, 0.25) is 0 Å². The molecule has 0 aromatic heterocycles. The molecule has 26 atom stereocenters. The van der Waals surface area contributed by atoms with Gasteiger partial charge in [0, 0.05) is 23.9 Å². The van der Waals surface area contributed by atoms with Crippen LogP contribution in [-0.2, 0) is 33.2 Å². The average Bonchev–Trinajstić information content (AvgIpc) is 3.29. The van der Waals surface area contributed by atoms with Gasteiger partial charge in [-0.2, -0.15) is 0 Å². The first kappa shape index (κ1) is 53.3. The number of fused-ring (bicyclic) bond motifs is 7. The minimum Gasteiger partial charge on any atom is -0.396 e. The van der Waals surface area contributed by atoms with Gasteiger partial charge in [0.2, 0.25) is 0 Å². The Hall–Kier alpha value is -1.02. The zero-order chi connectivity index (χ0) is 49.8. The lowest BCUT2D eigenvalue weighted by Crippen LogP contribution is -2.70. The van der Waals surface area contributed by atoms with Gasteiger partial charge in [-0.25, -0.2) is 0 Å². The van der Waals surface area contributed by atoms with Crippen LogP contribution in [0.3, 0.4) is 0 Å². The molecule has 3 heterocycles. The van der Waals surface area contributed by atoms with Crippen LogP contribution in [0.5, 0.6) is 0 Å². The van der Waals surface area contributed by atoms with E-state index in [1.165, 1.54) is 5.57 Å². The van der Waals surface area contributed by atoms with Crippen molar-refractivity contribution in [3.05, 3.63) is 11.6 Å². The molecule has 8 aliphatic rings. The van der Waals surface area contributed by atoms with E-state index in [9.17, 15) is 61.3 Å². The molecule has 3 aliphatic heterocycles. The van der Waals surface area contributed by atoms with E-state index < -0.39 is 139 Å². The lowest BCUT2D eigenvalue weighted by Gasteiger charge is -2.73. The number of ether oxygens (including phenoxy) is 7. The minimum absolute atomic E-state index is 0.00765. The molecule has 8 rings (SSSR count). The molecule has 0 bridgehead atoms. The first-order chi connectivity index (χ1) is 31.9. The van der Waals surface area contributed by atoms with E-state index in [0.29, 0.717) is 19.3 Å². The van der Waals surface area contributed by atoms with Crippen LogP contribution in [0.25, 0.3) is 0 Å². The van der Waals surface area contributed by atoms with E-state index >= 15 is 0 Å². The molecule has 5 aliphatic carbocycles. The number of aliphatic hydroxyl groups is 12. The van der Waals surface area contributed by atoms with E-state index in [0.717, 1.165) is 32.1 Å². The van der Waals surface area contributed by atoms with Crippen LogP contribution in [0, 0.1) is 50.2 Å². The van der Waals surface area contributed by atoms with Crippen molar-refractivity contribution in [2.24, 2.45) is 50.2 Å². The highest BCUT2D eigenvalue weighted by atomic mass is 16.8. The quantitative estimate of drug-likeness (QED) is 0.0892. The molecule has 0 aromatic carbocycles. The van der Waals surface area contributed by atoms with E-state index in [1.54, 1.807) is 14.0 Å². The topological polar surface area (TPSA) is 307 Å². The summed E-state index contributed by atoms with van der Waals surface area (Å²) in [4.78, 5) is 0. The van der Waals surface area contributed by atoms with Crippen molar-refractivity contribution in [2.45, 2.75) is 210 Å². The molecule has 19 heteroatoms. The smallest absolute Gasteiger partial charge is 0.187 e. The third-order valence-electron chi connectivity index (χ3n) is 19.8. The highest BCUT2D eigenvalue weighted by Crippen LogP contribution is 2.76. The Balaban J connectivity index is 1.05. The van der Waals surface area contributed by atoms with Crippen molar-refractivity contribution in [3.8, 4) is 0 Å². The number of rotatable bonds is 11. The molecule has 3 saturated heterocycles. The molecule has 0 spiro atoms. The van der Waals surface area contributed by atoms with Gasteiger partial charge in [0.1, 0.15) is 67.1 Å². The number of allylic oxidation sites excluding steroid dienone is 1. The molecule has 7 fully saturated rings. The van der Waals surface area contributed by atoms with Crippen LogP contribution in [0.4, 0.5) is 0 Å². The second kappa shape index (κ2) is 19.0. The summed E-state index contributed by atoms with van der Waals surface area (Å²) in [6.45, 7) is 13.2. The predicted molar refractivity (Wildman–Crippen MR) is 238 cm³/mol. The maximum atomic E-state index is 12.2. The molecule has 0 aromatic rings. The van der Waals surface area contributed by atoms with Gasteiger partial charge in [0.25, 0.3) is 0 Å². The van der Waals surface area contributed by atoms with E-state index in [4.69, 9.17) is 33.2 Å². The van der Waals surface area contributed by atoms with Gasteiger partial charge in [0.05, 0.1) is 50.8 Å². The Morgan fingerprint density at radius 3 is 1.85 bits per heavy atom. The van der Waals surface area contributed by atoms with Gasteiger partial charge in [-0.05, 0) is 91.8 Å². The van der Waals surface area contributed by atoms with Crippen LogP contribution < -0.4 is 0 Å². The molecular formula is C49H82O19. The molecular weight excluding hydrogens is 893 g/mol. The van der Waals surface area contributed by atoms with E-state index in [1.807, 2.05) is 6.92 Å². The standard InChI is InChI=1S/C49H82O19/c1-22-31(55)38(67-43-39(35(59)33(57)27(19-51)65-43)68-41-36(60)34(58)32(56)26(18-50)64-41)37(61)42(63-22)66-30-10-11-45(4)28(46(30,5)20-52)9-12-47(6)40(45)25(62-8)15-23-24-16-44(2,3)13-14-49(24,21-53)29(54)17-48(23,47)7/h15,22,24-43,50-61H,9-14,16-21H2,1-8H3/t22-,24?,25-,26-,27-,28?,29-,30+,31+,32-,33-,34+,35+,36-,37-,38+,39-,40?,41+,42+,43+,45+,46+,47-,48-,49-/m1/s1. The fraction of sp³-hybridized carbons (Fsp3) is 0.959. The lowest BCUT2D eigenvalue weighted by atomic mass is 9.32. The first-order valence-electron chi connectivity index (χ1n) is 24.9. The van der Waals surface area contributed by atoms with Gasteiger partial charge in [-0.1, -0.05) is 53.2 Å². The highest BCUT2D eigenvalue weighted by Gasteiger charge is 2.72. The Labute approximate surface area is 399 Å². The predicted octanol–water partition coefficient (Wildman–Crippen LogP) is -0.790. The van der Waals surface area contributed by atoms with Crippen molar-refractivity contribution >= 4 is 0 Å². The normalized spacial score (nSPS) is 55.8. The Bertz CT molecular complexity index is 1800. The van der Waals surface area contributed by atoms with Crippen molar-refractivity contribution in [3.63, 3.8) is 0 Å². The first-order valence-corrected chi connectivity index (χ1v) is 24.9. The number of hydrogen-bond acceptors (Lipinski definition) is 19. The number of methoxy groups -OCH3 is 1. The highest BCUT2D eigenvalue weighted by molar-refractivity contribution is 5.37. The molecule has 0 amide bonds. The van der Waals surface area contributed by atoms with Crippen LogP contribution in [0.15, 0.2) is 11.6 Å². The molecule has 12 N–H and O–H groups in total. The fourth-order valence-corrected chi connectivity index (χ4v) is 15.5. The van der Waals surface area contributed by atoms with Crippen LogP contribution in [-0.4, -0.2) is 205 Å². The number of aliphatic hydroxyl groups excluding tert-OH is 12. The summed E-state index contributed by atoms with van der Waals surface area (Å²) in [5.74, 6) is -0.145. The maximum Gasteiger partial charge on any atom is 0.187 e. The second-order valence-electron chi connectivity index (χ2n) is 23.8. The molecule has 19 nitrogen and oxygen atoms in total. The zero-order valence-corrected chi connectivity index (χ0v) is 40.9. The fourth-order valence-electron chi connectivity index (χ4n) is 15.5. The summed E-state index contributed by atoms with van der Waals surface area (Å²) in [5, 5.41) is 132. The number of hydrogen-bond donors (Lipinski definition) is 12. The molecule has 3 unspecified atom stereocenters. The van der Waals surface area contributed by atoms with Gasteiger partial charge >= 0.3 is 0 Å². The van der Waals surface area contributed by atoms with E-state index in [2.05, 4.69) is 40.7 Å². The molecule has 68 heavy (non-hydrogen) atoms. The monoisotopic (exact) mass is 975 g/mol. The summed E-state index contributed by atoms with van der Waals surface area (Å²) in [6, 6.07) is 0. The summed E-state index contributed by atoms with van der Waals surface area (Å²) in [6.07, 6.45) is -18.2. The van der Waals surface area contributed by atoms with Crippen molar-refractivity contribution in [2.75, 3.05) is 33.5 Å². The Morgan fingerprint density at radius 1 is 0.618 bits per heavy atom. The summed E-state index contributed by atoms with van der Waals surface area (Å²) in [7, 11) is 1.75. The van der Waals surface area contributed by atoms with Crippen LogP contribution >= 0.6 is 0 Å². The Kier molecular flexibility index (Phi) is 14.9. The largest absolute Gasteiger partial charge is 0.396 e. The molecule has 392 valence electrons. The molecule has 4 saturated carbocycles. The summed E-state index contributed by atoms with van der Waals surface area (Å²) >= 11 is 0. The van der Waals surface area contributed by atoms with E-state index in [-0.39, 0.29) is 47.9 Å². The van der Waals surface area contributed by atoms with Gasteiger partial charge in [0.15, 0.2) is 18.9 Å². The minimum atomic E-state index is -1.91. The van der Waals surface area contributed by atoms with Gasteiger partial charge in [-0.15, -0.1) is 0 Å². The third kappa shape index (κ3) is 8.12. The van der Waals surface area contributed by atoms with Crippen molar-refractivity contribution in [1.29, 1.82) is 0 Å². The second-order valence-corrected chi connectivity index (χ2v) is 23.8. The zero-order valence-electron chi connectivity index (χ0n) is 40.9.